The summed E-state index contributed by atoms with van der Waals surface area (Å²) in [6.07, 6.45) is 3.02. The van der Waals surface area contributed by atoms with Crippen molar-refractivity contribution in [2.75, 3.05) is 13.7 Å². The predicted octanol–water partition coefficient (Wildman–Crippen LogP) is 2.20. The van der Waals surface area contributed by atoms with Crippen molar-refractivity contribution in [3.63, 3.8) is 0 Å². The van der Waals surface area contributed by atoms with Gasteiger partial charge in [-0.1, -0.05) is 66.5 Å². The summed E-state index contributed by atoms with van der Waals surface area (Å²) in [7, 11) is 1.56. The molecule has 254 valence electrons. The monoisotopic (exact) mass is 643 g/mol. The zero-order chi connectivity index (χ0) is 34.4. The molecule has 5 amide bonds. The Balaban J connectivity index is 1.69. The van der Waals surface area contributed by atoms with Crippen LogP contribution < -0.4 is 26.4 Å². The summed E-state index contributed by atoms with van der Waals surface area (Å²) >= 11 is 0. The van der Waals surface area contributed by atoms with E-state index < -0.39 is 70.5 Å². The summed E-state index contributed by atoms with van der Waals surface area (Å²) < 4.78 is 10.7. The highest BCUT2D eigenvalue weighted by atomic mass is 16.5. The fourth-order valence-corrected chi connectivity index (χ4v) is 5.37. The second kappa shape index (κ2) is 15.0. The molecule has 13 nitrogen and oxygen atoms in total. The van der Waals surface area contributed by atoms with Gasteiger partial charge < -0.3 is 36.1 Å². The van der Waals surface area contributed by atoms with Crippen LogP contribution in [0.5, 0.6) is 5.75 Å². The number of carbonyl (C=O) groups is 6. The minimum atomic E-state index is -1.12. The van der Waals surface area contributed by atoms with Gasteiger partial charge in [-0.05, 0) is 53.7 Å². The largest absolute Gasteiger partial charge is 0.497 e. The SMILES string of the molecule is COc1ccc(COC(=O)C(NC(=O)NC(C(=O)N2CCC[C@H]2C(=O)NC(CC2CC2)C(=O)C(N)=O)C(C)(C)C)C(C)(C)C)cc1. The number of nitrogens with zero attached hydrogens (tertiary/aromatic N) is 1. The maximum Gasteiger partial charge on any atom is 0.329 e. The van der Waals surface area contributed by atoms with Gasteiger partial charge in [-0.25, -0.2) is 9.59 Å². The van der Waals surface area contributed by atoms with Gasteiger partial charge in [-0.2, -0.15) is 0 Å². The van der Waals surface area contributed by atoms with Gasteiger partial charge in [0, 0.05) is 6.54 Å². The lowest BCUT2D eigenvalue weighted by molar-refractivity contribution is -0.150. The molecule has 1 saturated carbocycles. The predicted molar refractivity (Wildman–Crippen MR) is 169 cm³/mol. The normalized spacial score (nSPS) is 18.5. The number of methoxy groups -OCH3 is 1. The van der Waals surface area contributed by atoms with Crippen molar-refractivity contribution in [3.05, 3.63) is 29.8 Å². The molecule has 13 heteroatoms. The van der Waals surface area contributed by atoms with Crippen LogP contribution in [0.2, 0.25) is 0 Å². The number of ether oxygens (including phenoxy) is 2. The average molecular weight is 644 g/mol. The fraction of sp³-hybridized carbons (Fsp3) is 0.636. The number of likely N-dealkylation sites (tertiary alicyclic amines) is 1. The first-order chi connectivity index (χ1) is 21.4. The molecule has 3 unspecified atom stereocenters. The van der Waals surface area contributed by atoms with Gasteiger partial charge in [-0.15, -0.1) is 0 Å². The highest BCUT2D eigenvalue weighted by Crippen LogP contribution is 2.34. The maximum atomic E-state index is 13.9. The Bertz CT molecular complexity index is 1300. The fourth-order valence-electron chi connectivity index (χ4n) is 5.37. The number of nitrogens with two attached hydrogens (primary N) is 1. The first-order valence-corrected chi connectivity index (χ1v) is 15.7. The van der Waals surface area contributed by atoms with E-state index in [1.807, 2.05) is 0 Å². The van der Waals surface area contributed by atoms with Crippen LogP contribution in [-0.4, -0.2) is 78.2 Å². The molecule has 1 aliphatic carbocycles. The molecule has 1 aromatic rings. The van der Waals surface area contributed by atoms with Crippen LogP contribution in [0.4, 0.5) is 4.79 Å². The molecular formula is C33H49N5O8. The summed E-state index contributed by atoms with van der Waals surface area (Å²) in [5.74, 6) is -2.74. The molecule has 1 aromatic carbocycles. The van der Waals surface area contributed by atoms with Gasteiger partial charge in [0.25, 0.3) is 5.91 Å². The number of urea groups is 1. The molecular weight excluding hydrogens is 594 g/mol. The van der Waals surface area contributed by atoms with E-state index >= 15 is 0 Å². The third-order valence-corrected chi connectivity index (χ3v) is 8.29. The minimum absolute atomic E-state index is 0.00717. The standard InChI is InChI=1S/C33H49N5O8/c1-32(2,3)25(29(42)38-16-8-9-23(38)28(41)35-22(17-19-10-11-19)24(39)27(34)40)36-31(44)37-26(33(4,5)6)30(43)46-18-20-12-14-21(45-7)15-13-20/h12-15,19,22-23,25-26H,8-11,16-18H2,1-7H3,(H2,34,40)(H,35,41)(H2,36,37,44)/t22?,23-,25?,26?/m0/s1. The van der Waals surface area contributed by atoms with Crippen LogP contribution in [0.3, 0.4) is 0 Å². The van der Waals surface area contributed by atoms with E-state index in [9.17, 15) is 28.8 Å². The summed E-state index contributed by atoms with van der Waals surface area (Å²) in [5, 5.41) is 8.08. The lowest BCUT2D eigenvalue weighted by Crippen LogP contribution is -2.61. The van der Waals surface area contributed by atoms with E-state index in [4.69, 9.17) is 15.2 Å². The zero-order valence-electron chi connectivity index (χ0n) is 27.9. The van der Waals surface area contributed by atoms with Crippen LogP contribution in [0.1, 0.15) is 79.2 Å². The molecule has 1 aliphatic heterocycles. The molecule has 2 fully saturated rings. The molecule has 5 N–H and O–H groups in total. The lowest BCUT2D eigenvalue weighted by Gasteiger charge is -2.36. The highest BCUT2D eigenvalue weighted by Gasteiger charge is 2.44. The van der Waals surface area contributed by atoms with Gasteiger partial charge in [0.15, 0.2) is 0 Å². The number of esters is 1. The molecule has 0 bridgehead atoms. The van der Waals surface area contributed by atoms with E-state index in [0.29, 0.717) is 25.0 Å². The number of ketones is 1. The molecule has 2 aliphatic rings. The second-order valence-corrected chi connectivity index (χ2v) is 14.3. The zero-order valence-corrected chi connectivity index (χ0v) is 27.9. The molecule has 3 rings (SSSR count). The number of Topliss-reactive ketones (excluding diaryl/α,β-unsaturated/α-hetero) is 1. The summed E-state index contributed by atoms with van der Waals surface area (Å²) in [4.78, 5) is 79.2. The first-order valence-electron chi connectivity index (χ1n) is 15.7. The van der Waals surface area contributed by atoms with E-state index in [1.165, 1.54) is 4.90 Å². The van der Waals surface area contributed by atoms with Crippen LogP contribution in [0, 0.1) is 16.7 Å². The molecule has 0 aromatic heterocycles. The van der Waals surface area contributed by atoms with Crippen LogP contribution >= 0.6 is 0 Å². The van der Waals surface area contributed by atoms with E-state index in [0.717, 1.165) is 18.4 Å². The number of primary amides is 1. The number of hydrogen-bond acceptors (Lipinski definition) is 8. The van der Waals surface area contributed by atoms with Crippen molar-refractivity contribution in [1.29, 1.82) is 0 Å². The number of benzene rings is 1. The lowest BCUT2D eigenvalue weighted by atomic mass is 9.85. The van der Waals surface area contributed by atoms with E-state index in [1.54, 1.807) is 72.9 Å². The number of rotatable bonds is 13. The van der Waals surface area contributed by atoms with Crippen LogP contribution in [0.25, 0.3) is 0 Å². The molecule has 46 heavy (non-hydrogen) atoms. The second-order valence-electron chi connectivity index (χ2n) is 14.3. The third-order valence-electron chi connectivity index (χ3n) is 8.29. The van der Waals surface area contributed by atoms with Gasteiger partial charge in [-0.3, -0.25) is 19.2 Å². The third kappa shape index (κ3) is 9.92. The first kappa shape index (κ1) is 36.3. The quantitative estimate of drug-likeness (QED) is 0.186. The van der Waals surface area contributed by atoms with Gasteiger partial charge in [0.2, 0.25) is 17.6 Å². The Hall–Kier alpha value is -4.16. The molecule has 0 radical (unpaired) electrons. The molecule has 0 spiro atoms. The summed E-state index contributed by atoms with van der Waals surface area (Å²) in [5.41, 5.74) is 4.46. The Labute approximate surface area is 270 Å². The topological polar surface area (TPSA) is 186 Å². The molecule has 1 saturated heterocycles. The summed E-state index contributed by atoms with van der Waals surface area (Å²) in [6.45, 7) is 11.0. The van der Waals surface area contributed by atoms with Crippen molar-refractivity contribution in [2.24, 2.45) is 22.5 Å². The van der Waals surface area contributed by atoms with Gasteiger partial charge in [0.05, 0.1) is 13.2 Å². The van der Waals surface area contributed by atoms with E-state index in [2.05, 4.69) is 16.0 Å². The Morgan fingerprint density at radius 2 is 1.48 bits per heavy atom. The molecule has 1 heterocycles. The number of nitrogens with one attached hydrogen (secondary N) is 3. The van der Waals surface area contributed by atoms with Gasteiger partial charge in [0.1, 0.15) is 30.5 Å². The number of amides is 5. The van der Waals surface area contributed by atoms with E-state index in [-0.39, 0.29) is 19.1 Å². The van der Waals surface area contributed by atoms with Crippen LogP contribution in [-0.2, 0) is 35.3 Å². The summed E-state index contributed by atoms with van der Waals surface area (Å²) in [6, 6.07) is 2.26. The highest BCUT2D eigenvalue weighted by molar-refractivity contribution is 6.37. The van der Waals surface area contributed by atoms with Crippen molar-refractivity contribution in [3.8, 4) is 5.75 Å². The molecule has 4 atom stereocenters. The Kier molecular flexibility index (Phi) is 11.8. The van der Waals surface area contributed by atoms with Gasteiger partial charge >= 0.3 is 12.0 Å². The van der Waals surface area contributed by atoms with Crippen molar-refractivity contribution in [1.82, 2.24) is 20.9 Å². The number of carbonyl (C=O) groups excluding carboxylic acids is 6. The number of hydrogen-bond donors (Lipinski definition) is 4. The Morgan fingerprint density at radius 1 is 0.891 bits per heavy atom. The van der Waals surface area contributed by atoms with Crippen molar-refractivity contribution < 1.29 is 38.2 Å². The average Bonchev–Trinajstić information content (AvgIpc) is 3.66. The maximum absolute atomic E-state index is 13.9. The minimum Gasteiger partial charge on any atom is -0.497 e. The van der Waals surface area contributed by atoms with Crippen molar-refractivity contribution >= 4 is 35.5 Å². The Morgan fingerprint density at radius 3 is 2.00 bits per heavy atom. The van der Waals surface area contributed by atoms with Crippen LogP contribution in [0.15, 0.2) is 24.3 Å². The smallest absolute Gasteiger partial charge is 0.329 e. The van der Waals surface area contributed by atoms with Crippen molar-refractivity contribution in [2.45, 2.75) is 104 Å².